The van der Waals surface area contributed by atoms with Gasteiger partial charge in [-0.15, -0.1) is 0 Å². The van der Waals surface area contributed by atoms with E-state index >= 15 is 0 Å². The van der Waals surface area contributed by atoms with Crippen LogP contribution >= 0.6 is 0 Å². The third kappa shape index (κ3) is 2.83. The predicted octanol–water partition coefficient (Wildman–Crippen LogP) is 2.39. The molecule has 94 valence electrons. The summed E-state index contributed by atoms with van der Waals surface area (Å²) in [6, 6.07) is 1.13. The minimum Gasteiger partial charge on any atom is -0.356 e. The Hall–Kier alpha value is -1.40. The highest BCUT2D eigenvalue weighted by molar-refractivity contribution is 5.37. The molecule has 2 rings (SSSR count). The Kier molecular flexibility index (Phi) is 3.17. The van der Waals surface area contributed by atoms with Gasteiger partial charge >= 0.3 is 6.18 Å². The van der Waals surface area contributed by atoms with E-state index in [-0.39, 0.29) is 25.9 Å². The average molecular weight is 249 g/mol. The van der Waals surface area contributed by atoms with Gasteiger partial charge in [0.2, 0.25) is 5.95 Å². The zero-order valence-electron chi connectivity index (χ0n) is 8.91. The first kappa shape index (κ1) is 12.1. The first-order chi connectivity index (χ1) is 7.97. The number of hydrogen-bond acceptors (Lipinski definition) is 3. The quantitative estimate of drug-likeness (QED) is 0.565. The normalized spacial score (nSPS) is 18.5. The van der Waals surface area contributed by atoms with Crippen LogP contribution in [0.1, 0.15) is 12.8 Å². The molecule has 0 spiro atoms. The van der Waals surface area contributed by atoms with Crippen molar-refractivity contribution in [2.75, 3.05) is 18.0 Å². The van der Waals surface area contributed by atoms with E-state index in [1.807, 2.05) is 0 Å². The molecule has 0 radical (unpaired) electrons. The number of hydrogen-bond donors (Lipinski definition) is 0. The fourth-order valence-corrected chi connectivity index (χ4v) is 1.93. The Bertz CT molecular complexity index is 385. The van der Waals surface area contributed by atoms with Gasteiger partial charge in [0.15, 0.2) is 0 Å². The van der Waals surface area contributed by atoms with Crippen LogP contribution in [0.2, 0.25) is 0 Å². The highest BCUT2D eigenvalue weighted by atomic mass is 19.4. The molecule has 1 fully saturated rings. The maximum atomic E-state index is 12.8. The van der Waals surface area contributed by atoms with E-state index in [4.69, 9.17) is 0 Å². The summed E-state index contributed by atoms with van der Waals surface area (Å²) in [5.41, 5.74) is 0. The minimum atomic E-state index is -4.14. The van der Waals surface area contributed by atoms with Crippen LogP contribution in [-0.2, 0) is 0 Å². The molecule has 1 aromatic rings. The van der Waals surface area contributed by atoms with Gasteiger partial charge in [-0.2, -0.15) is 17.6 Å². The maximum Gasteiger partial charge on any atom is 0.391 e. The Morgan fingerprint density at radius 3 is 2.35 bits per heavy atom. The van der Waals surface area contributed by atoms with Crippen molar-refractivity contribution in [2.24, 2.45) is 5.92 Å². The van der Waals surface area contributed by atoms with Crippen molar-refractivity contribution in [2.45, 2.75) is 19.0 Å². The van der Waals surface area contributed by atoms with Gasteiger partial charge in [0.1, 0.15) is 12.1 Å². The second-order valence-corrected chi connectivity index (χ2v) is 4.00. The molecular weight excluding hydrogens is 238 g/mol. The van der Waals surface area contributed by atoms with E-state index in [0.717, 1.165) is 12.4 Å². The van der Waals surface area contributed by atoms with E-state index in [0.29, 0.717) is 5.82 Å². The molecule has 0 aliphatic carbocycles. The summed E-state index contributed by atoms with van der Waals surface area (Å²) in [5, 5.41) is 0. The summed E-state index contributed by atoms with van der Waals surface area (Å²) in [6.07, 6.45) is -3.02. The van der Waals surface area contributed by atoms with Crippen molar-refractivity contribution in [3.05, 3.63) is 18.3 Å². The summed E-state index contributed by atoms with van der Waals surface area (Å²) in [6.45, 7) is 0.473. The Morgan fingerprint density at radius 2 is 1.82 bits per heavy atom. The van der Waals surface area contributed by atoms with Gasteiger partial charge in [0.05, 0.1) is 5.92 Å². The Morgan fingerprint density at radius 1 is 1.18 bits per heavy atom. The van der Waals surface area contributed by atoms with Gasteiger partial charge < -0.3 is 4.90 Å². The summed E-state index contributed by atoms with van der Waals surface area (Å²) in [4.78, 5) is 8.79. The standard InChI is InChI=1S/C10H11F4N3/c11-8-5-9(16-6-15-8)17-3-1-7(2-4-17)10(12,13)14/h5-7H,1-4H2. The molecule has 1 saturated heterocycles. The molecule has 0 saturated carbocycles. The van der Waals surface area contributed by atoms with E-state index in [2.05, 4.69) is 9.97 Å². The highest BCUT2D eigenvalue weighted by Gasteiger charge is 2.41. The lowest BCUT2D eigenvalue weighted by Crippen LogP contribution is -2.39. The topological polar surface area (TPSA) is 29.0 Å². The second kappa shape index (κ2) is 4.46. The summed E-state index contributed by atoms with van der Waals surface area (Å²) in [7, 11) is 0. The number of halogens is 4. The van der Waals surface area contributed by atoms with Crippen LogP contribution in [-0.4, -0.2) is 29.2 Å². The lowest BCUT2D eigenvalue weighted by Gasteiger charge is -2.33. The molecular formula is C10H11F4N3. The van der Waals surface area contributed by atoms with Crippen LogP contribution in [0, 0.1) is 11.9 Å². The van der Waals surface area contributed by atoms with Gasteiger partial charge in [-0.1, -0.05) is 0 Å². The Labute approximate surface area is 95.5 Å². The molecule has 1 aromatic heterocycles. The van der Waals surface area contributed by atoms with Crippen molar-refractivity contribution in [3.8, 4) is 0 Å². The third-order valence-corrected chi connectivity index (χ3v) is 2.90. The number of aromatic nitrogens is 2. The number of anilines is 1. The maximum absolute atomic E-state index is 12.8. The fraction of sp³-hybridized carbons (Fsp3) is 0.600. The smallest absolute Gasteiger partial charge is 0.356 e. The molecule has 0 unspecified atom stereocenters. The molecule has 1 aliphatic rings. The summed E-state index contributed by atoms with van der Waals surface area (Å²) >= 11 is 0. The van der Waals surface area contributed by atoms with Crippen LogP contribution in [0.3, 0.4) is 0 Å². The van der Waals surface area contributed by atoms with Crippen molar-refractivity contribution in [3.63, 3.8) is 0 Å². The van der Waals surface area contributed by atoms with E-state index in [1.165, 1.54) is 0 Å². The molecule has 0 bridgehead atoms. The highest BCUT2D eigenvalue weighted by Crippen LogP contribution is 2.34. The average Bonchev–Trinajstić information content (AvgIpc) is 2.28. The largest absolute Gasteiger partial charge is 0.391 e. The molecule has 2 heterocycles. The minimum absolute atomic E-state index is 0.0229. The number of piperidine rings is 1. The van der Waals surface area contributed by atoms with Crippen molar-refractivity contribution >= 4 is 5.82 Å². The molecule has 0 atom stereocenters. The van der Waals surface area contributed by atoms with Crippen LogP contribution < -0.4 is 4.90 Å². The monoisotopic (exact) mass is 249 g/mol. The van der Waals surface area contributed by atoms with Gasteiger partial charge in [0.25, 0.3) is 0 Å². The zero-order valence-corrected chi connectivity index (χ0v) is 8.91. The molecule has 3 nitrogen and oxygen atoms in total. The summed E-state index contributed by atoms with van der Waals surface area (Å²) < 4.78 is 50.1. The number of nitrogens with zero attached hydrogens (tertiary/aromatic N) is 3. The molecule has 7 heteroatoms. The van der Waals surface area contributed by atoms with Gasteiger partial charge in [-0.3, -0.25) is 0 Å². The molecule has 0 N–H and O–H groups in total. The van der Waals surface area contributed by atoms with Gasteiger partial charge in [-0.25, -0.2) is 9.97 Å². The molecule has 0 aromatic carbocycles. The zero-order chi connectivity index (χ0) is 12.5. The van der Waals surface area contributed by atoms with Crippen molar-refractivity contribution < 1.29 is 17.6 Å². The lowest BCUT2D eigenvalue weighted by molar-refractivity contribution is -0.179. The molecule has 17 heavy (non-hydrogen) atoms. The predicted molar refractivity (Wildman–Crippen MR) is 53.0 cm³/mol. The van der Waals surface area contributed by atoms with Crippen LogP contribution in [0.5, 0.6) is 0 Å². The first-order valence-electron chi connectivity index (χ1n) is 5.26. The van der Waals surface area contributed by atoms with Crippen molar-refractivity contribution in [1.29, 1.82) is 0 Å². The number of rotatable bonds is 1. The van der Waals surface area contributed by atoms with Crippen LogP contribution in [0.25, 0.3) is 0 Å². The van der Waals surface area contributed by atoms with E-state index < -0.39 is 18.0 Å². The van der Waals surface area contributed by atoms with Gasteiger partial charge in [-0.05, 0) is 12.8 Å². The van der Waals surface area contributed by atoms with E-state index in [9.17, 15) is 17.6 Å². The number of alkyl halides is 3. The summed E-state index contributed by atoms with van der Waals surface area (Å²) in [5.74, 6) is -1.59. The fourth-order valence-electron chi connectivity index (χ4n) is 1.93. The third-order valence-electron chi connectivity index (χ3n) is 2.90. The second-order valence-electron chi connectivity index (χ2n) is 4.00. The Balaban J connectivity index is 2.00. The first-order valence-corrected chi connectivity index (χ1v) is 5.26. The SMILES string of the molecule is Fc1cc(N2CCC(C(F)(F)F)CC2)ncn1. The molecule has 0 amide bonds. The van der Waals surface area contributed by atoms with Gasteiger partial charge in [0, 0.05) is 19.2 Å². The lowest BCUT2D eigenvalue weighted by atomic mass is 9.96. The van der Waals surface area contributed by atoms with Crippen LogP contribution in [0.15, 0.2) is 12.4 Å². The molecule has 1 aliphatic heterocycles. The van der Waals surface area contributed by atoms with Crippen LogP contribution in [0.4, 0.5) is 23.4 Å². The van der Waals surface area contributed by atoms with E-state index in [1.54, 1.807) is 4.90 Å². The van der Waals surface area contributed by atoms with Crippen molar-refractivity contribution in [1.82, 2.24) is 9.97 Å².